The minimum Gasteiger partial charge on any atom is -0.390 e. The number of likely N-dealkylation sites (N-methyl/N-ethyl adjacent to an activating group) is 1. The van der Waals surface area contributed by atoms with E-state index >= 15 is 0 Å². The van der Waals surface area contributed by atoms with Crippen LogP contribution in [0.3, 0.4) is 0 Å². The number of hydrogen-bond acceptors (Lipinski definition) is 5. The number of benzene rings is 1. The van der Waals surface area contributed by atoms with Gasteiger partial charge in [0.25, 0.3) is 0 Å². The van der Waals surface area contributed by atoms with Crippen molar-refractivity contribution in [1.82, 2.24) is 4.31 Å². The summed E-state index contributed by atoms with van der Waals surface area (Å²) in [4.78, 5) is 0.0101. The third-order valence-electron chi connectivity index (χ3n) is 3.31. The number of sulfone groups is 1. The standard InChI is InChI=1S/C11H13Br2NO5S2/c1-14(9-5-20(16,17)6-10(9)15)21(18,19)11-4-7(12)2-3-8(11)13/h2-4,9-10,15H,5-6H2,1H3/t9-,10-/m1/s1. The summed E-state index contributed by atoms with van der Waals surface area (Å²) in [5.74, 6) is -0.799. The van der Waals surface area contributed by atoms with Crippen molar-refractivity contribution in [2.75, 3.05) is 18.6 Å². The van der Waals surface area contributed by atoms with Crippen molar-refractivity contribution in [2.45, 2.75) is 17.0 Å². The molecule has 1 aromatic rings. The van der Waals surface area contributed by atoms with Crippen LogP contribution in [0.1, 0.15) is 0 Å². The van der Waals surface area contributed by atoms with E-state index in [-0.39, 0.29) is 10.6 Å². The molecule has 1 aliphatic heterocycles. The summed E-state index contributed by atoms with van der Waals surface area (Å²) < 4.78 is 50.2. The van der Waals surface area contributed by atoms with Crippen LogP contribution in [0.2, 0.25) is 0 Å². The Hall–Kier alpha value is -0.000000000000000111. The molecule has 0 aromatic heterocycles. The third kappa shape index (κ3) is 3.50. The maximum atomic E-state index is 12.6. The summed E-state index contributed by atoms with van der Waals surface area (Å²) in [5.41, 5.74) is 0. The van der Waals surface area contributed by atoms with Crippen LogP contribution < -0.4 is 0 Å². The summed E-state index contributed by atoms with van der Waals surface area (Å²) in [6.07, 6.45) is -1.22. The Morgan fingerprint density at radius 1 is 1.29 bits per heavy atom. The van der Waals surface area contributed by atoms with Gasteiger partial charge in [0.1, 0.15) is 0 Å². The molecule has 1 aliphatic rings. The number of aliphatic hydroxyl groups is 1. The van der Waals surface area contributed by atoms with E-state index in [0.717, 1.165) is 4.31 Å². The van der Waals surface area contributed by atoms with E-state index in [1.165, 1.54) is 13.1 Å². The zero-order valence-corrected chi connectivity index (χ0v) is 15.7. The highest BCUT2D eigenvalue weighted by molar-refractivity contribution is 9.11. The maximum absolute atomic E-state index is 12.6. The van der Waals surface area contributed by atoms with Crippen molar-refractivity contribution in [3.8, 4) is 0 Å². The minimum absolute atomic E-state index is 0.0101. The molecule has 1 heterocycles. The first-order valence-corrected chi connectivity index (χ1v) is 10.7. The Morgan fingerprint density at radius 3 is 2.43 bits per heavy atom. The molecule has 118 valence electrons. The molecule has 2 rings (SSSR count). The van der Waals surface area contributed by atoms with Gasteiger partial charge in [-0.2, -0.15) is 4.31 Å². The van der Waals surface area contributed by atoms with Crippen LogP contribution >= 0.6 is 31.9 Å². The second-order valence-electron chi connectivity index (χ2n) is 4.81. The van der Waals surface area contributed by atoms with E-state index in [0.29, 0.717) is 8.95 Å². The molecule has 0 bridgehead atoms. The van der Waals surface area contributed by atoms with Crippen LogP contribution in [-0.2, 0) is 19.9 Å². The molecule has 6 nitrogen and oxygen atoms in total. The van der Waals surface area contributed by atoms with E-state index in [9.17, 15) is 21.9 Å². The SMILES string of the molecule is CN([C@@H]1CS(=O)(=O)C[C@H]1O)S(=O)(=O)c1cc(Br)ccc1Br. The second kappa shape index (κ2) is 5.89. The average Bonchev–Trinajstić information content (AvgIpc) is 2.64. The van der Waals surface area contributed by atoms with Gasteiger partial charge in [-0.05, 0) is 34.1 Å². The molecule has 0 aliphatic carbocycles. The maximum Gasteiger partial charge on any atom is 0.244 e. The van der Waals surface area contributed by atoms with Crippen LogP contribution in [0, 0.1) is 0 Å². The first kappa shape index (κ1) is 17.4. The topological polar surface area (TPSA) is 91.8 Å². The fourth-order valence-corrected chi connectivity index (χ4v) is 6.95. The Balaban J connectivity index is 2.42. The summed E-state index contributed by atoms with van der Waals surface area (Å²) in [6, 6.07) is 3.70. The predicted octanol–water partition coefficient (Wildman–Crippen LogP) is 0.990. The van der Waals surface area contributed by atoms with Crippen molar-refractivity contribution < 1.29 is 21.9 Å². The zero-order chi connectivity index (χ0) is 16.0. The lowest BCUT2D eigenvalue weighted by Crippen LogP contribution is -2.44. The van der Waals surface area contributed by atoms with Crippen LogP contribution in [-0.4, -0.2) is 56.9 Å². The summed E-state index contributed by atoms with van der Waals surface area (Å²) in [5, 5.41) is 9.82. The average molecular weight is 463 g/mol. The molecule has 0 unspecified atom stereocenters. The number of hydrogen-bond donors (Lipinski definition) is 1. The van der Waals surface area contributed by atoms with Gasteiger partial charge < -0.3 is 5.11 Å². The predicted molar refractivity (Wildman–Crippen MR) is 85.2 cm³/mol. The first-order chi connectivity index (χ1) is 9.54. The monoisotopic (exact) mass is 461 g/mol. The lowest BCUT2D eigenvalue weighted by molar-refractivity contribution is 0.137. The third-order valence-corrected chi connectivity index (χ3v) is 8.38. The molecular weight excluding hydrogens is 450 g/mol. The molecule has 1 aromatic carbocycles. The molecule has 1 N–H and O–H groups in total. The highest BCUT2D eigenvalue weighted by atomic mass is 79.9. The highest BCUT2D eigenvalue weighted by Gasteiger charge is 2.43. The molecule has 0 amide bonds. The van der Waals surface area contributed by atoms with Gasteiger partial charge in [0.2, 0.25) is 10.0 Å². The molecule has 1 saturated heterocycles. The quantitative estimate of drug-likeness (QED) is 0.723. The van der Waals surface area contributed by atoms with Gasteiger partial charge in [-0.25, -0.2) is 16.8 Å². The highest BCUT2D eigenvalue weighted by Crippen LogP contribution is 2.30. The van der Waals surface area contributed by atoms with Gasteiger partial charge in [0.05, 0.1) is 28.5 Å². The molecule has 0 saturated carbocycles. The van der Waals surface area contributed by atoms with E-state index in [1.54, 1.807) is 12.1 Å². The van der Waals surface area contributed by atoms with Crippen molar-refractivity contribution >= 4 is 51.7 Å². The summed E-state index contributed by atoms with van der Waals surface area (Å²) >= 11 is 6.38. The largest absolute Gasteiger partial charge is 0.390 e. The first-order valence-electron chi connectivity index (χ1n) is 5.86. The second-order valence-corrected chi connectivity index (χ2v) is 10.7. The van der Waals surface area contributed by atoms with Gasteiger partial charge in [-0.1, -0.05) is 15.9 Å². The lowest BCUT2D eigenvalue weighted by Gasteiger charge is -2.25. The molecule has 1 fully saturated rings. The van der Waals surface area contributed by atoms with Gasteiger partial charge in [0, 0.05) is 16.0 Å². The fourth-order valence-electron chi connectivity index (χ4n) is 2.17. The van der Waals surface area contributed by atoms with Crippen molar-refractivity contribution in [3.63, 3.8) is 0 Å². The van der Waals surface area contributed by atoms with Gasteiger partial charge in [0.15, 0.2) is 9.84 Å². The van der Waals surface area contributed by atoms with Crippen molar-refractivity contribution in [3.05, 3.63) is 27.1 Å². The summed E-state index contributed by atoms with van der Waals surface area (Å²) in [6.45, 7) is 0. The molecule has 0 radical (unpaired) electrons. The molecular formula is C11H13Br2NO5S2. The smallest absolute Gasteiger partial charge is 0.244 e. The van der Waals surface area contributed by atoms with Gasteiger partial charge in [-0.3, -0.25) is 0 Å². The fraction of sp³-hybridized carbons (Fsp3) is 0.455. The van der Waals surface area contributed by atoms with E-state index < -0.39 is 37.8 Å². The Labute approximate surface area is 140 Å². The Kier molecular flexibility index (Phi) is 4.87. The van der Waals surface area contributed by atoms with Crippen LogP contribution in [0.15, 0.2) is 32.0 Å². The van der Waals surface area contributed by atoms with Crippen LogP contribution in [0.5, 0.6) is 0 Å². The van der Waals surface area contributed by atoms with E-state index in [4.69, 9.17) is 0 Å². The lowest BCUT2D eigenvalue weighted by atomic mass is 10.2. The normalized spacial score (nSPS) is 25.4. The number of halogens is 2. The van der Waals surface area contributed by atoms with Gasteiger partial charge in [-0.15, -0.1) is 0 Å². The summed E-state index contributed by atoms with van der Waals surface area (Å²) in [7, 11) is -6.08. The number of sulfonamides is 1. The molecule has 10 heteroatoms. The number of rotatable bonds is 3. The minimum atomic E-state index is -3.93. The molecule has 0 spiro atoms. The van der Waals surface area contributed by atoms with E-state index in [1.807, 2.05) is 0 Å². The van der Waals surface area contributed by atoms with Crippen molar-refractivity contribution in [2.24, 2.45) is 0 Å². The number of aliphatic hydroxyl groups excluding tert-OH is 1. The van der Waals surface area contributed by atoms with Gasteiger partial charge >= 0.3 is 0 Å². The van der Waals surface area contributed by atoms with Crippen LogP contribution in [0.4, 0.5) is 0 Å². The Morgan fingerprint density at radius 2 is 1.90 bits per heavy atom. The molecule has 2 atom stereocenters. The zero-order valence-electron chi connectivity index (χ0n) is 10.9. The number of nitrogens with zero attached hydrogens (tertiary/aromatic N) is 1. The van der Waals surface area contributed by atoms with Crippen molar-refractivity contribution in [1.29, 1.82) is 0 Å². The molecule has 21 heavy (non-hydrogen) atoms. The Bertz CT molecular complexity index is 763. The van der Waals surface area contributed by atoms with Crippen LogP contribution in [0.25, 0.3) is 0 Å². The van der Waals surface area contributed by atoms with E-state index in [2.05, 4.69) is 31.9 Å².